The van der Waals surface area contributed by atoms with E-state index in [-0.39, 0.29) is 5.60 Å². The maximum absolute atomic E-state index is 5.62. The van der Waals surface area contributed by atoms with Crippen LogP contribution in [0.2, 0.25) is 0 Å². The molecular weight excluding hydrogens is 174 g/mol. The number of hydrogen-bond acceptors (Lipinski definition) is 2. The van der Waals surface area contributed by atoms with Crippen molar-refractivity contribution < 1.29 is 4.74 Å². The molecule has 0 bridgehead atoms. The van der Waals surface area contributed by atoms with Crippen molar-refractivity contribution in [3.8, 4) is 0 Å². The van der Waals surface area contributed by atoms with E-state index in [1.807, 2.05) is 0 Å². The van der Waals surface area contributed by atoms with Gasteiger partial charge in [0.25, 0.3) is 0 Å². The summed E-state index contributed by atoms with van der Waals surface area (Å²) in [7, 11) is 0. The molecule has 0 amide bonds. The Morgan fingerprint density at radius 2 is 1.64 bits per heavy atom. The van der Waals surface area contributed by atoms with Crippen LogP contribution in [0.25, 0.3) is 0 Å². The molecular formula is C12H27NO. The van der Waals surface area contributed by atoms with Crippen LogP contribution in [-0.4, -0.2) is 25.3 Å². The van der Waals surface area contributed by atoms with Crippen LogP contribution in [0, 0.1) is 5.41 Å². The normalized spacial score (nSPS) is 13.3. The first-order valence-corrected chi connectivity index (χ1v) is 5.61. The highest BCUT2D eigenvalue weighted by molar-refractivity contribution is 4.69. The van der Waals surface area contributed by atoms with E-state index in [1.165, 1.54) is 6.42 Å². The first-order valence-electron chi connectivity index (χ1n) is 5.61. The van der Waals surface area contributed by atoms with Crippen molar-refractivity contribution >= 4 is 0 Å². The molecule has 0 rings (SSSR count). The fourth-order valence-corrected chi connectivity index (χ4v) is 0.981. The van der Waals surface area contributed by atoms with Crippen LogP contribution in [0.1, 0.15) is 48.0 Å². The molecule has 0 aromatic heterocycles. The van der Waals surface area contributed by atoms with Gasteiger partial charge in [-0.1, -0.05) is 20.8 Å². The van der Waals surface area contributed by atoms with Gasteiger partial charge in [-0.25, -0.2) is 0 Å². The molecule has 0 aliphatic heterocycles. The minimum atomic E-state index is -0.0120. The topological polar surface area (TPSA) is 21.3 Å². The van der Waals surface area contributed by atoms with E-state index in [0.717, 1.165) is 19.7 Å². The van der Waals surface area contributed by atoms with Gasteiger partial charge in [-0.3, -0.25) is 0 Å². The minimum absolute atomic E-state index is 0.0120. The molecule has 86 valence electrons. The van der Waals surface area contributed by atoms with E-state index in [2.05, 4.69) is 46.9 Å². The van der Waals surface area contributed by atoms with Crippen LogP contribution in [0.4, 0.5) is 0 Å². The van der Waals surface area contributed by atoms with Gasteiger partial charge in [-0.2, -0.15) is 0 Å². The van der Waals surface area contributed by atoms with Crippen molar-refractivity contribution in [2.45, 2.75) is 53.6 Å². The molecule has 0 heterocycles. The second-order valence-electron chi connectivity index (χ2n) is 5.66. The van der Waals surface area contributed by atoms with Gasteiger partial charge in [0.15, 0.2) is 0 Å². The second kappa shape index (κ2) is 5.72. The number of ether oxygens (including phenoxy) is 1. The average Bonchev–Trinajstić information content (AvgIpc) is 2.01. The average molecular weight is 201 g/mol. The lowest BCUT2D eigenvalue weighted by Crippen LogP contribution is -2.33. The summed E-state index contributed by atoms with van der Waals surface area (Å²) in [6.07, 6.45) is 1.21. The maximum Gasteiger partial charge on any atom is 0.0599 e. The van der Waals surface area contributed by atoms with Crippen molar-refractivity contribution in [3.63, 3.8) is 0 Å². The van der Waals surface area contributed by atoms with E-state index < -0.39 is 0 Å². The van der Waals surface area contributed by atoms with Crippen LogP contribution in [0.3, 0.4) is 0 Å². The van der Waals surface area contributed by atoms with E-state index in [0.29, 0.717) is 5.41 Å². The highest BCUT2D eigenvalue weighted by Crippen LogP contribution is 2.17. The van der Waals surface area contributed by atoms with Gasteiger partial charge in [0, 0.05) is 13.1 Å². The molecule has 0 aliphatic rings. The zero-order valence-electron chi connectivity index (χ0n) is 10.7. The molecule has 2 nitrogen and oxygen atoms in total. The Hall–Kier alpha value is -0.0800. The van der Waals surface area contributed by atoms with Crippen LogP contribution in [-0.2, 0) is 4.74 Å². The molecule has 0 radical (unpaired) electrons. The third-order valence-electron chi connectivity index (χ3n) is 2.37. The third kappa shape index (κ3) is 8.52. The predicted octanol–water partition coefficient (Wildman–Crippen LogP) is 2.83. The quantitative estimate of drug-likeness (QED) is 0.667. The summed E-state index contributed by atoms with van der Waals surface area (Å²) in [5.74, 6) is 0. The Bertz CT molecular complexity index is 147. The molecule has 1 N–H and O–H groups in total. The molecule has 0 saturated heterocycles. The van der Waals surface area contributed by atoms with Gasteiger partial charge in [0.2, 0.25) is 0 Å². The summed E-state index contributed by atoms with van der Waals surface area (Å²) >= 11 is 0. The Labute approximate surface area is 89.4 Å². The first-order chi connectivity index (χ1) is 6.27. The molecule has 14 heavy (non-hydrogen) atoms. The van der Waals surface area contributed by atoms with E-state index in [1.54, 1.807) is 0 Å². The maximum atomic E-state index is 5.62. The van der Waals surface area contributed by atoms with Crippen molar-refractivity contribution in [3.05, 3.63) is 0 Å². The summed E-state index contributed by atoms with van der Waals surface area (Å²) in [6, 6.07) is 0. The van der Waals surface area contributed by atoms with E-state index >= 15 is 0 Å². The van der Waals surface area contributed by atoms with E-state index in [9.17, 15) is 0 Å². The van der Waals surface area contributed by atoms with Crippen molar-refractivity contribution in [1.82, 2.24) is 5.32 Å². The Morgan fingerprint density at radius 1 is 1.07 bits per heavy atom. The molecule has 0 aromatic rings. The fourth-order valence-electron chi connectivity index (χ4n) is 0.981. The van der Waals surface area contributed by atoms with Crippen molar-refractivity contribution in [2.24, 2.45) is 5.41 Å². The Morgan fingerprint density at radius 3 is 2.07 bits per heavy atom. The zero-order valence-corrected chi connectivity index (χ0v) is 10.7. The van der Waals surface area contributed by atoms with Crippen LogP contribution < -0.4 is 5.32 Å². The molecule has 0 aliphatic carbocycles. The summed E-state index contributed by atoms with van der Waals surface area (Å²) in [5.41, 5.74) is 0.393. The summed E-state index contributed by atoms with van der Waals surface area (Å²) in [4.78, 5) is 0. The van der Waals surface area contributed by atoms with Gasteiger partial charge in [0.05, 0.1) is 12.2 Å². The molecule has 0 spiro atoms. The number of nitrogens with one attached hydrogen (secondary N) is 1. The lowest BCUT2D eigenvalue weighted by molar-refractivity contribution is -0.00137. The molecule has 0 aromatic carbocycles. The summed E-state index contributed by atoms with van der Waals surface area (Å²) < 4.78 is 5.62. The SMILES string of the molecule is CCC(C)(C)CNCCOC(C)(C)C. The van der Waals surface area contributed by atoms with Gasteiger partial charge >= 0.3 is 0 Å². The monoisotopic (exact) mass is 201 g/mol. The number of hydrogen-bond donors (Lipinski definition) is 1. The fraction of sp³-hybridized carbons (Fsp3) is 1.00. The molecule has 2 heteroatoms. The third-order valence-corrected chi connectivity index (χ3v) is 2.37. The summed E-state index contributed by atoms with van der Waals surface area (Å²) in [5, 5.41) is 3.42. The number of rotatable bonds is 6. The van der Waals surface area contributed by atoms with Crippen LogP contribution in [0.15, 0.2) is 0 Å². The lowest BCUT2D eigenvalue weighted by atomic mass is 9.90. The Balaban J connectivity index is 3.39. The van der Waals surface area contributed by atoms with E-state index in [4.69, 9.17) is 4.74 Å². The smallest absolute Gasteiger partial charge is 0.0599 e. The van der Waals surface area contributed by atoms with Gasteiger partial charge in [-0.05, 0) is 32.6 Å². The Kier molecular flexibility index (Phi) is 5.68. The highest BCUT2D eigenvalue weighted by atomic mass is 16.5. The van der Waals surface area contributed by atoms with Gasteiger partial charge < -0.3 is 10.1 Å². The lowest BCUT2D eigenvalue weighted by Gasteiger charge is -2.24. The zero-order chi connectivity index (χ0) is 11.2. The van der Waals surface area contributed by atoms with Crippen LogP contribution in [0.5, 0.6) is 0 Å². The summed E-state index contributed by atoms with van der Waals surface area (Å²) in [6.45, 7) is 15.9. The van der Waals surface area contributed by atoms with Crippen molar-refractivity contribution in [2.75, 3.05) is 19.7 Å². The standard InChI is InChI=1S/C12H27NO/c1-7-12(5,6)10-13-8-9-14-11(2,3)4/h13H,7-10H2,1-6H3. The highest BCUT2D eigenvalue weighted by Gasteiger charge is 2.14. The molecule has 0 fully saturated rings. The molecule has 0 saturated carbocycles. The predicted molar refractivity (Wildman–Crippen MR) is 62.6 cm³/mol. The minimum Gasteiger partial charge on any atom is -0.375 e. The second-order valence-corrected chi connectivity index (χ2v) is 5.66. The van der Waals surface area contributed by atoms with Crippen LogP contribution >= 0.6 is 0 Å². The first kappa shape index (κ1) is 13.9. The largest absolute Gasteiger partial charge is 0.375 e. The molecule has 0 unspecified atom stereocenters. The van der Waals surface area contributed by atoms with Gasteiger partial charge in [-0.15, -0.1) is 0 Å². The van der Waals surface area contributed by atoms with Gasteiger partial charge in [0.1, 0.15) is 0 Å². The molecule has 0 atom stereocenters. The van der Waals surface area contributed by atoms with Crippen molar-refractivity contribution in [1.29, 1.82) is 0 Å².